The van der Waals surface area contributed by atoms with Crippen molar-refractivity contribution < 1.29 is 45.0 Å². The number of aliphatic hydroxyl groups is 2. The highest BCUT2D eigenvalue weighted by Crippen LogP contribution is 2.39. The average molecular weight is 499 g/mol. The maximum atomic E-state index is 13.0. The minimum atomic E-state index is -2.27. The lowest BCUT2D eigenvalue weighted by atomic mass is 9.99. The zero-order chi connectivity index (χ0) is 25.4. The Labute approximate surface area is 204 Å². The first kappa shape index (κ1) is 26.3. The number of para-hydroxylation sites is 1. The molecule has 0 aromatic heterocycles. The highest BCUT2D eigenvalue weighted by Gasteiger charge is 2.38. The fourth-order valence-electron chi connectivity index (χ4n) is 4.21. The minimum Gasteiger partial charge on any atom is -0.497 e. The molecule has 6 N–H and O–H groups in total. The lowest BCUT2D eigenvalue weighted by Crippen LogP contribution is -2.46. The van der Waals surface area contributed by atoms with Crippen LogP contribution in [0.5, 0.6) is 5.75 Å². The van der Waals surface area contributed by atoms with Crippen LogP contribution in [0, 0.1) is 0 Å². The van der Waals surface area contributed by atoms with Gasteiger partial charge in [-0.2, -0.15) is 0 Å². The Morgan fingerprint density at radius 2 is 1.69 bits per heavy atom. The number of amides is 1. The molecule has 0 saturated carbocycles. The molecule has 3 aliphatic heterocycles. The van der Waals surface area contributed by atoms with Gasteiger partial charge in [-0.25, -0.2) is 14.6 Å². The Bertz CT molecular complexity index is 1370. The molecule has 36 heavy (non-hydrogen) atoms. The molecule has 0 radical (unpaired) electrons. The van der Waals surface area contributed by atoms with E-state index in [2.05, 4.69) is 4.90 Å². The van der Waals surface area contributed by atoms with Crippen LogP contribution in [0.4, 0.5) is 5.69 Å². The lowest BCUT2D eigenvalue weighted by molar-refractivity contribution is -0.165. The number of fused-ring (bicyclic) bond motifs is 4. The largest absolute Gasteiger partial charge is 0.497 e. The molecule has 12 nitrogen and oxygen atoms in total. The molecule has 3 aliphatic rings. The summed E-state index contributed by atoms with van der Waals surface area (Å²) in [6.07, 6.45) is -3.74. The van der Waals surface area contributed by atoms with Gasteiger partial charge in [0.2, 0.25) is 0 Å². The SMILES string of the molecule is COc1ccc2c(c1)=C1CCN3C(=O)c4ccccc4N(C)C3=C1N=2.O.O=C(O)C(O)C(O)C(=O)O. The number of aliphatic hydroxyl groups excluding tert-OH is 2. The molecule has 2 atom stereocenters. The van der Waals surface area contributed by atoms with Gasteiger partial charge in [0.15, 0.2) is 12.2 Å². The number of carboxylic acids is 2. The normalized spacial score (nSPS) is 16.7. The van der Waals surface area contributed by atoms with Gasteiger partial charge in [-0.15, -0.1) is 0 Å². The van der Waals surface area contributed by atoms with Crippen LogP contribution in [0.2, 0.25) is 0 Å². The minimum absolute atomic E-state index is 0. The number of benzene rings is 2. The van der Waals surface area contributed by atoms with Gasteiger partial charge in [-0.1, -0.05) is 12.1 Å². The summed E-state index contributed by atoms with van der Waals surface area (Å²) in [5.74, 6) is -1.78. The molecule has 2 aromatic carbocycles. The number of carbonyl (C=O) groups excluding carboxylic acids is 1. The molecular weight excluding hydrogens is 474 g/mol. The Morgan fingerprint density at radius 1 is 1.06 bits per heavy atom. The number of allylic oxidation sites excluding steroid dienone is 1. The van der Waals surface area contributed by atoms with Gasteiger partial charge in [0.1, 0.15) is 17.3 Å². The zero-order valence-electron chi connectivity index (χ0n) is 19.4. The summed E-state index contributed by atoms with van der Waals surface area (Å²) in [5, 5.41) is 34.6. The molecule has 1 amide bonds. The van der Waals surface area contributed by atoms with Crippen molar-refractivity contribution in [2.24, 2.45) is 4.99 Å². The fourth-order valence-corrected chi connectivity index (χ4v) is 4.21. The highest BCUT2D eigenvalue weighted by atomic mass is 16.5. The first-order chi connectivity index (χ1) is 16.6. The highest BCUT2D eigenvalue weighted by molar-refractivity contribution is 6.04. The number of ether oxygens (including phenoxy) is 1. The molecule has 0 spiro atoms. The van der Waals surface area contributed by atoms with Crippen molar-refractivity contribution in [2.45, 2.75) is 18.6 Å². The van der Waals surface area contributed by atoms with Crippen molar-refractivity contribution in [1.29, 1.82) is 0 Å². The van der Waals surface area contributed by atoms with E-state index in [9.17, 15) is 14.4 Å². The predicted molar refractivity (Wildman–Crippen MR) is 126 cm³/mol. The van der Waals surface area contributed by atoms with E-state index in [1.807, 2.05) is 54.4 Å². The van der Waals surface area contributed by atoms with E-state index >= 15 is 0 Å². The first-order valence-corrected chi connectivity index (χ1v) is 10.6. The van der Waals surface area contributed by atoms with E-state index in [0.717, 1.165) is 45.5 Å². The van der Waals surface area contributed by atoms with Crippen LogP contribution in [0.15, 0.2) is 59.0 Å². The number of carboxylic acid groups (broad SMARTS) is 2. The van der Waals surface area contributed by atoms with E-state index in [0.29, 0.717) is 6.54 Å². The van der Waals surface area contributed by atoms with Crippen LogP contribution in [-0.2, 0) is 9.59 Å². The lowest BCUT2D eigenvalue weighted by Gasteiger charge is -2.41. The van der Waals surface area contributed by atoms with Gasteiger partial charge < -0.3 is 35.5 Å². The van der Waals surface area contributed by atoms with Crippen LogP contribution in [0.3, 0.4) is 0 Å². The summed E-state index contributed by atoms with van der Waals surface area (Å²) < 4.78 is 5.36. The summed E-state index contributed by atoms with van der Waals surface area (Å²) >= 11 is 0. The number of anilines is 1. The molecule has 5 rings (SSSR count). The van der Waals surface area contributed by atoms with Crippen molar-refractivity contribution in [3.8, 4) is 5.75 Å². The Kier molecular flexibility index (Phi) is 7.43. The fraction of sp³-hybridized carbons (Fsp3) is 0.250. The quantitative estimate of drug-likeness (QED) is 0.396. The first-order valence-electron chi connectivity index (χ1n) is 10.6. The second-order valence-electron chi connectivity index (χ2n) is 7.99. The molecule has 0 aliphatic carbocycles. The molecule has 2 aromatic rings. The topological polar surface area (TPSA) is 192 Å². The Hall–Kier alpha value is -4.26. The number of hydrogen-bond acceptors (Lipinski definition) is 8. The summed E-state index contributed by atoms with van der Waals surface area (Å²) in [4.78, 5) is 41.3. The van der Waals surface area contributed by atoms with Gasteiger partial charge >= 0.3 is 11.9 Å². The second-order valence-corrected chi connectivity index (χ2v) is 7.99. The number of carbonyl (C=O) groups is 3. The van der Waals surface area contributed by atoms with Gasteiger partial charge in [0, 0.05) is 18.8 Å². The van der Waals surface area contributed by atoms with Gasteiger partial charge in [0.05, 0.1) is 23.7 Å². The smallest absolute Gasteiger partial charge is 0.335 e. The van der Waals surface area contributed by atoms with E-state index in [1.54, 1.807) is 7.11 Å². The number of nitrogens with zero attached hydrogens (tertiary/aromatic N) is 3. The number of aliphatic carboxylic acids is 2. The van der Waals surface area contributed by atoms with Crippen molar-refractivity contribution >= 4 is 29.1 Å². The summed E-state index contributed by atoms with van der Waals surface area (Å²) in [6.45, 7) is 0.665. The third-order valence-electron chi connectivity index (χ3n) is 5.96. The Morgan fingerprint density at radius 3 is 2.31 bits per heavy atom. The van der Waals surface area contributed by atoms with Crippen LogP contribution in [-0.4, -0.2) is 81.6 Å². The van der Waals surface area contributed by atoms with E-state index < -0.39 is 24.1 Å². The number of methoxy groups -OCH3 is 1. The average Bonchev–Trinajstić information content (AvgIpc) is 3.24. The summed E-state index contributed by atoms with van der Waals surface area (Å²) in [5.41, 5.74) is 3.77. The molecule has 190 valence electrons. The second kappa shape index (κ2) is 10.2. The van der Waals surface area contributed by atoms with E-state index in [1.165, 1.54) is 5.57 Å². The zero-order valence-corrected chi connectivity index (χ0v) is 19.4. The van der Waals surface area contributed by atoms with Crippen LogP contribution >= 0.6 is 0 Å². The molecule has 2 unspecified atom stereocenters. The van der Waals surface area contributed by atoms with Crippen molar-refractivity contribution in [1.82, 2.24) is 4.90 Å². The monoisotopic (exact) mass is 499 g/mol. The molecule has 3 heterocycles. The molecular formula is C24H25N3O9. The van der Waals surface area contributed by atoms with Crippen LogP contribution in [0.1, 0.15) is 16.8 Å². The van der Waals surface area contributed by atoms with Crippen LogP contribution in [0.25, 0.3) is 5.57 Å². The molecule has 12 heteroatoms. The maximum absolute atomic E-state index is 13.0. The standard InChI is InChI=1S/C20H17N3O2.C4H6O6.H2O/c1-22-17-6-4-3-5-14(17)20(24)23-10-9-13-15-11-12(25-2)7-8-16(15)21-18(13)19(22)23;5-1(3(7)8)2(6)4(9)10;/h3-8,11H,9-10H2,1-2H3;1-2,5-6H,(H,7,8)(H,9,10);1H2. The summed E-state index contributed by atoms with van der Waals surface area (Å²) in [6, 6.07) is 13.7. The predicted octanol–water partition coefficient (Wildman–Crippen LogP) is -1.30. The van der Waals surface area contributed by atoms with Crippen molar-refractivity contribution in [2.75, 3.05) is 25.6 Å². The van der Waals surface area contributed by atoms with Gasteiger partial charge in [-0.3, -0.25) is 9.69 Å². The summed E-state index contributed by atoms with van der Waals surface area (Å²) in [7, 11) is 3.67. The molecule has 0 saturated heterocycles. The Balaban J connectivity index is 0.000000283. The molecule has 0 fully saturated rings. The third kappa shape index (κ3) is 4.40. The van der Waals surface area contributed by atoms with Crippen molar-refractivity contribution in [3.05, 3.63) is 70.1 Å². The van der Waals surface area contributed by atoms with E-state index in [4.69, 9.17) is 30.2 Å². The number of rotatable bonds is 4. The maximum Gasteiger partial charge on any atom is 0.335 e. The van der Waals surface area contributed by atoms with Gasteiger partial charge in [0.25, 0.3) is 5.91 Å². The van der Waals surface area contributed by atoms with E-state index in [-0.39, 0.29) is 11.4 Å². The van der Waals surface area contributed by atoms with Gasteiger partial charge in [-0.05, 0) is 42.3 Å². The van der Waals surface area contributed by atoms with Crippen LogP contribution < -0.4 is 20.2 Å². The third-order valence-corrected chi connectivity index (χ3v) is 5.96. The number of hydrogen-bond donors (Lipinski definition) is 4. The van der Waals surface area contributed by atoms with Crippen molar-refractivity contribution in [3.63, 3.8) is 0 Å². The molecule has 0 bridgehead atoms.